The van der Waals surface area contributed by atoms with Crippen LogP contribution < -0.4 is 10.1 Å². The molecular formula is C35H40N4O6S. The van der Waals surface area contributed by atoms with E-state index in [-0.39, 0.29) is 23.6 Å². The zero-order valence-corrected chi connectivity index (χ0v) is 27.1. The molecule has 10 nitrogen and oxygen atoms in total. The molecular weight excluding hydrogens is 604 g/mol. The fourth-order valence-corrected chi connectivity index (χ4v) is 6.78. The molecule has 0 saturated carbocycles. The van der Waals surface area contributed by atoms with Gasteiger partial charge in [0.25, 0.3) is 11.8 Å². The third-order valence-electron chi connectivity index (χ3n) is 8.90. The summed E-state index contributed by atoms with van der Waals surface area (Å²) in [6.07, 6.45) is 2.93. The van der Waals surface area contributed by atoms with E-state index in [0.717, 1.165) is 49.2 Å². The lowest BCUT2D eigenvalue weighted by molar-refractivity contribution is 0.0628. The predicted molar refractivity (Wildman–Crippen MR) is 176 cm³/mol. The number of sulfone groups is 1. The highest BCUT2D eigenvalue weighted by atomic mass is 32.2. The van der Waals surface area contributed by atoms with Crippen molar-refractivity contribution < 1.29 is 27.2 Å². The molecule has 0 radical (unpaired) electrons. The van der Waals surface area contributed by atoms with Gasteiger partial charge in [0.2, 0.25) is 0 Å². The van der Waals surface area contributed by atoms with Crippen LogP contribution in [-0.4, -0.2) is 93.6 Å². The lowest BCUT2D eigenvalue weighted by atomic mass is 10.0. The van der Waals surface area contributed by atoms with Crippen molar-refractivity contribution in [3.05, 3.63) is 95.2 Å². The molecule has 3 heterocycles. The molecule has 0 spiro atoms. The number of ether oxygens (including phenoxy) is 1. The first-order chi connectivity index (χ1) is 22.1. The molecule has 0 bridgehead atoms. The van der Waals surface area contributed by atoms with E-state index in [9.17, 15) is 18.0 Å². The van der Waals surface area contributed by atoms with Gasteiger partial charge in [-0.05, 0) is 66.4 Å². The molecule has 11 heteroatoms. The number of fused-ring (bicyclic) bond motifs is 1. The molecule has 1 aromatic heterocycles. The maximum Gasteiger partial charge on any atom is 0.287 e. The number of benzene rings is 3. The molecule has 2 saturated heterocycles. The van der Waals surface area contributed by atoms with Gasteiger partial charge in [0, 0.05) is 75.6 Å². The fourth-order valence-electron chi connectivity index (χ4n) is 6.15. The molecule has 4 aromatic rings. The number of hydrogen-bond donors (Lipinski definition) is 1. The van der Waals surface area contributed by atoms with Gasteiger partial charge in [0.1, 0.15) is 11.3 Å². The fraction of sp³-hybridized carbons (Fsp3) is 0.371. The van der Waals surface area contributed by atoms with Gasteiger partial charge in [-0.3, -0.25) is 19.4 Å². The van der Waals surface area contributed by atoms with Crippen LogP contribution in [0.4, 0.5) is 0 Å². The van der Waals surface area contributed by atoms with Gasteiger partial charge in [-0.25, -0.2) is 8.42 Å². The first kappa shape index (κ1) is 31.8. The van der Waals surface area contributed by atoms with Gasteiger partial charge in [-0.15, -0.1) is 0 Å². The molecule has 242 valence electrons. The first-order valence-corrected chi connectivity index (χ1v) is 17.5. The third-order valence-corrected chi connectivity index (χ3v) is 10.0. The molecule has 46 heavy (non-hydrogen) atoms. The summed E-state index contributed by atoms with van der Waals surface area (Å²) < 4.78 is 34.6. The quantitative estimate of drug-likeness (QED) is 0.289. The largest absolute Gasteiger partial charge is 0.497 e. The minimum absolute atomic E-state index is 0.0668. The standard InChI is InChI=1S/C35H40N4O6S/c1-44-30-9-3-25(4-10-30)23-37-15-13-29(14-16-37)36-34(40)33-21-27-7-8-28(22-32(27)45-33)35(41)39-19-17-38(18-20-39)24-26-5-11-31(12-6-26)46(2,42)43/h3-12,21-22,29H,13-20,23-24H2,1-2H3,(H,36,40). The van der Waals surface area contributed by atoms with E-state index in [1.807, 2.05) is 35.2 Å². The average molecular weight is 645 g/mol. The van der Waals surface area contributed by atoms with E-state index in [0.29, 0.717) is 48.8 Å². The predicted octanol–water partition coefficient (Wildman–Crippen LogP) is 4.20. The topological polar surface area (TPSA) is 112 Å². The summed E-state index contributed by atoms with van der Waals surface area (Å²) in [6.45, 7) is 5.96. The molecule has 2 fully saturated rings. The number of furan rings is 1. The number of nitrogens with zero attached hydrogens (tertiary/aromatic N) is 3. The minimum atomic E-state index is -3.22. The molecule has 0 unspecified atom stereocenters. The Kier molecular flexibility index (Phi) is 9.44. The van der Waals surface area contributed by atoms with Crippen molar-refractivity contribution in [1.82, 2.24) is 20.0 Å². The molecule has 2 aliphatic rings. The Bertz CT molecular complexity index is 1790. The molecule has 0 aliphatic carbocycles. The number of likely N-dealkylation sites (tertiary alicyclic amines) is 1. The van der Waals surface area contributed by atoms with Crippen molar-refractivity contribution in [3.63, 3.8) is 0 Å². The monoisotopic (exact) mass is 644 g/mol. The summed E-state index contributed by atoms with van der Waals surface area (Å²) in [5.74, 6) is 0.796. The highest BCUT2D eigenvalue weighted by Gasteiger charge is 2.25. The van der Waals surface area contributed by atoms with E-state index < -0.39 is 9.84 Å². The Morgan fingerprint density at radius 2 is 1.43 bits per heavy atom. The van der Waals surface area contributed by atoms with Gasteiger partial charge in [0.05, 0.1) is 12.0 Å². The number of carbonyl (C=O) groups excluding carboxylic acids is 2. The molecule has 2 amide bonds. The average Bonchev–Trinajstić information content (AvgIpc) is 3.50. The van der Waals surface area contributed by atoms with Crippen LogP contribution in [0.25, 0.3) is 11.0 Å². The summed E-state index contributed by atoms with van der Waals surface area (Å²) in [6, 6.07) is 22.2. The van der Waals surface area contributed by atoms with Crippen LogP contribution in [0.15, 0.2) is 82.1 Å². The Labute approximate surface area is 269 Å². The minimum Gasteiger partial charge on any atom is -0.497 e. The third kappa shape index (κ3) is 7.60. The summed E-state index contributed by atoms with van der Waals surface area (Å²) >= 11 is 0. The van der Waals surface area contributed by atoms with Crippen molar-refractivity contribution >= 4 is 32.6 Å². The second kappa shape index (κ2) is 13.7. The summed E-state index contributed by atoms with van der Waals surface area (Å²) in [7, 11) is -1.55. The number of carbonyl (C=O) groups is 2. The van der Waals surface area contributed by atoms with Crippen molar-refractivity contribution in [1.29, 1.82) is 0 Å². The molecule has 3 aromatic carbocycles. The van der Waals surface area contributed by atoms with Crippen molar-refractivity contribution in [3.8, 4) is 5.75 Å². The normalized spacial score (nSPS) is 16.9. The number of hydrogen-bond acceptors (Lipinski definition) is 8. The van der Waals surface area contributed by atoms with Crippen molar-refractivity contribution in [2.75, 3.05) is 52.6 Å². The van der Waals surface area contributed by atoms with Crippen molar-refractivity contribution in [2.45, 2.75) is 36.9 Å². The summed E-state index contributed by atoms with van der Waals surface area (Å²) in [5.41, 5.74) is 3.32. The molecule has 1 N–H and O–H groups in total. The zero-order chi connectivity index (χ0) is 32.3. The van der Waals surface area contributed by atoms with Crippen LogP contribution in [0.1, 0.15) is 44.9 Å². The highest BCUT2D eigenvalue weighted by Crippen LogP contribution is 2.23. The van der Waals surface area contributed by atoms with E-state index in [1.54, 1.807) is 37.4 Å². The van der Waals surface area contributed by atoms with E-state index >= 15 is 0 Å². The highest BCUT2D eigenvalue weighted by molar-refractivity contribution is 7.90. The van der Waals surface area contributed by atoms with E-state index in [1.165, 1.54) is 11.8 Å². The van der Waals surface area contributed by atoms with Gasteiger partial charge in [-0.2, -0.15) is 0 Å². The van der Waals surface area contributed by atoms with Crippen LogP contribution >= 0.6 is 0 Å². The number of piperidine rings is 1. The second-order valence-corrected chi connectivity index (χ2v) is 14.2. The smallest absolute Gasteiger partial charge is 0.287 e. The maximum atomic E-state index is 13.3. The van der Waals surface area contributed by atoms with Gasteiger partial charge >= 0.3 is 0 Å². The SMILES string of the molecule is COc1ccc(CN2CCC(NC(=O)c3cc4ccc(C(=O)N5CCN(Cc6ccc(S(C)(=O)=O)cc6)CC5)cc4o3)CC2)cc1. The zero-order valence-electron chi connectivity index (χ0n) is 26.3. The first-order valence-electron chi connectivity index (χ1n) is 15.6. The Morgan fingerprint density at radius 3 is 2.04 bits per heavy atom. The summed E-state index contributed by atoms with van der Waals surface area (Å²) in [4.78, 5) is 33.2. The van der Waals surface area contributed by atoms with Crippen LogP contribution in [-0.2, 0) is 22.9 Å². The van der Waals surface area contributed by atoms with Crippen LogP contribution in [0.2, 0.25) is 0 Å². The van der Waals surface area contributed by atoms with Crippen LogP contribution in [0, 0.1) is 0 Å². The maximum absolute atomic E-state index is 13.3. The molecule has 0 atom stereocenters. The Balaban J connectivity index is 0.986. The number of rotatable bonds is 9. The lowest BCUT2D eigenvalue weighted by Gasteiger charge is -2.34. The van der Waals surface area contributed by atoms with Crippen molar-refractivity contribution in [2.24, 2.45) is 0 Å². The summed E-state index contributed by atoms with van der Waals surface area (Å²) in [5, 5.41) is 3.91. The van der Waals surface area contributed by atoms with E-state index in [4.69, 9.17) is 9.15 Å². The van der Waals surface area contributed by atoms with Gasteiger partial charge in [-0.1, -0.05) is 30.3 Å². The number of nitrogens with one attached hydrogen (secondary N) is 1. The Morgan fingerprint density at radius 1 is 0.826 bits per heavy atom. The number of amides is 2. The van der Waals surface area contributed by atoms with Gasteiger partial charge in [0.15, 0.2) is 15.6 Å². The molecule has 6 rings (SSSR count). The van der Waals surface area contributed by atoms with Gasteiger partial charge < -0.3 is 19.4 Å². The van der Waals surface area contributed by atoms with Crippen LogP contribution in [0.3, 0.4) is 0 Å². The number of methoxy groups -OCH3 is 1. The second-order valence-electron chi connectivity index (χ2n) is 12.2. The Hall–Kier alpha value is -4.19. The number of piperazine rings is 1. The molecule has 2 aliphatic heterocycles. The van der Waals surface area contributed by atoms with E-state index in [2.05, 4.69) is 27.2 Å². The lowest BCUT2D eigenvalue weighted by Crippen LogP contribution is -2.48. The van der Waals surface area contributed by atoms with Crippen LogP contribution in [0.5, 0.6) is 5.75 Å².